The van der Waals surface area contributed by atoms with Gasteiger partial charge in [0.15, 0.2) is 11.5 Å². The number of rotatable bonds is 4. The van der Waals surface area contributed by atoms with Crippen molar-refractivity contribution in [1.82, 2.24) is 24.5 Å². The van der Waals surface area contributed by atoms with Crippen LogP contribution in [0.1, 0.15) is 43.9 Å². The minimum atomic E-state index is -0.491. The number of amides is 1. The molecule has 1 saturated heterocycles. The number of aromatic nitrogens is 4. The van der Waals surface area contributed by atoms with E-state index in [-0.39, 0.29) is 18.2 Å². The summed E-state index contributed by atoms with van der Waals surface area (Å²) in [6, 6.07) is 3.92. The molecule has 1 aliphatic rings. The van der Waals surface area contributed by atoms with Crippen LogP contribution in [0.2, 0.25) is 0 Å². The number of anilines is 1. The molecule has 0 N–H and O–H groups in total. The Morgan fingerprint density at radius 1 is 1.03 bits per heavy atom. The van der Waals surface area contributed by atoms with Gasteiger partial charge in [-0.05, 0) is 62.5 Å². The number of benzene rings is 1. The van der Waals surface area contributed by atoms with Gasteiger partial charge in [0.1, 0.15) is 4.88 Å². The second-order valence-electron chi connectivity index (χ2n) is 7.51. The van der Waals surface area contributed by atoms with Crippen molar-refractivity contribution < 1.29 is 14.3 Å². The maximum Gasteiger partial charge on any atom is 0.360 e. The number of nitrogens with zero attached hydrogens (tertiary/aromatic N) is 6. The average molecular weight is 441 g/mol. The molecule has 9 nitrogen and oxygen atoms in total. The Bertz CT molecular complexity index is 1150. The molecule has 0 atom stereocenters. The summed E-state index contributed by atoms with van der Waals surface area (Å²) < 4.78 is 9.09. The van der Waals surface area contributed by atoms with Crippen molar-refractivity contribution in [2.45, 2.75) is 27.7 Å². The van der Waals surface area contributed by atoms with Gasteiger partial charge in [-0.3, -0.25) is 4.79 Å². The summed E-state index contributed by atoms with van der Waals surface area (Å²) >= 11 is 1.11. The van der Waals surface area contributed by atoms with E-state index in [2.05, 4.69) is 14.6 Å². The second-order valence-corrected chi connectivity index (χ2v) is 8.26. The zero-order valence-corrected chi connectivity index (χ0v) is 18.8. The summed E-state index contributed by atoms with van der Waals surface area (Å²) in [7, 11) is 0. The molecule has 0 radical (unpaired) electrons. The molecule has 162 valence electrons. The molecule has 1 aliphatic heterocycles. The Kier molecular flexibility index (Phi) is 5.81. The van der Waals surface area contributed by atoms with E-state index in [1.54, 1.807) is 18.7 Å². The van der Waals surface area contributed by atoms with E-state index in [0.717, 1.165) is 28.2 Å². The van der Waals surface area contributed by atoms with Gasteiger partial charge in [0, 0.05) is 26.2 Å². The number of hydrogen-bond donors (Lipinski definition) is 0. The van der Waals surface area contributed by atoms with Crippen LogP contribution < -0.4 is 4.90 Å². The van der Waals surface area contributed by atoms with E-state index in [9.17, 15) is 9.59 Å². The van der Waals surface area contributed by atoms with Gasteiger partial charge in [-0.15, -0.1) is 5.10 Å². The second kappa shape index (κ2) is 8.54. The minimum absolute atomic E-state index is 0.0616. The van der Waals surface area contributed by atoms with Crippen molar-refractivity contribution in [2.24, 2.45) is 0 Å². The summed E-state index contributed by atoms with van der Waals surface area (Å²) in [5.74, 6) is -0.0552. The van der Waals surface area contributed by atoms with E-state index in [1.807, 2.05) is 30.9 Å². The molecule has 10 heteroatoms. The number of aryl methyl sites for hydroxylation is 3. The fourth-order valence-corrected chi connectivity index (χ4v) is 4.18. The SMILES string of the molecule is CCOC(=O)c1nc2cc(C)c(C)cc2nc1N1CCN(C(=O)c2snnc2C)CC1. The van der Waals surface area contributed by atoms with Gasteiger partial charge in [0.25, 0.3) is 5.91 Å². The van der Waals surface area contributed by atoms with Gasteiger partial charge in [-0.1, -0.05) is 4.49 Å². The number of carbonyl (C=O) groups is 2. The molecule has 3 heterocycles. The third-order valence-electron chi connectivity index (χ3n) is 5.44. The highest BCUT2D eigenvalue weighted by atomic mass is 32.1. The summed E-state index contributed by atoms with van der Waals surface area (Å²) in [5, 5.41) is 3.93. The van der Waals surface area contributed by atoms with Crippen LogP contribution >= 0.6 is 11.5 Å². The highest BCUT2D eigenvalue weighted by Gasteiger charge is 2.29. The van der Waals surface area contributed by atoms with Crippen molar-refractivity contribution in [2.75, 3.05) is 37.7 Å². The summed E-state index contributed by atoms with van der Waals surface area (Å²) in [6.07, 6.45) is 0. The third-order valence-corrected chi connectivity index (χ3v) is 6.26. The molecule has 1 fully saturated rings. The lowest BCUT2D eigenvalue weighted by Crippen LogP contribution is -2.49. The molecule has 0 saturated carbocycles. The molecule has 0 aliphatic carbocycles. The highest BCUT2D eigenvalue weighted by Crippen LogP contribution is 2.25. The van der Waals surface area contributed by atoms with Crippen molar-refractivity contribution >= 4 is 40.3 Å². The summed E-state index contributed by atoms with van der Waals surface area (Å²) in [5.41, 5.74) is 4.45. The lowest BCUT2D eigenvalue weighted by Gasteiger charge is -2.35. The quantitative estimate of drug-likeness (QED) is 0.571. The van der Waals surface area contributed by atoms with E-state index in [4.69, 9.17) is 9.72 Å². The molecule has 4 rings (SSSR count). The molecular weight excluding hydrogens is 416 g/mol. The van der Waals surface area contributed by atoms with Gasteiger partial charge >= 0.3 is 5.97 Å². The van der Waals surface area contributed by atoms with Gasteiger partial charge in [-0.2, -0.15) is 0 Å². The highest BCUT2D eigenvalue weighted by molar-refractivity contribution is 7.07. The van der Waals surface area contributed by atoms with E-state index in [1.165, 1.54) is 0 Å². The first kappa shape index (κ1) is 21.1. The van der Waals surface area contributed by atoms with Crippen LogP contribution in [0, 0.1) is 20.8 Å². The normalized spacial score (nSPS) is 14.2. The monoisotopic (exact) mass is 440 g/mol. The molecule has 3 aromatic rings. The standard InChI is InChI=1S/C21H24N6O3S/c1-5-30-21(29)17-19(23-16-11-13(3)12(2)10-15(16)22-17)26-6-8-27(9-7-26)20(28)18-14(4)24-25-31-18/h10-11H,5-9H2,1-4H3. The Morgan fingerprint density at radius 3 is 2.26 bits per heavy atom. The smallest absolute Gasteiger partial charge is 0.360 e. The van der Waals surface area contributed by atoms with Gasteiger partial charge in [0.05, 0.1) is 23.3 Å². The van der Waals surface area contributed by atoms with Crippen molar-refractivity contribution in [1.29, 1.82) is 0 Å². The first-order valence-electron chi connectivity index (χ1n) is 10.2. The maximum absolute atomic E-state index is 12.8. The topological polar surface area (TPSA) is 101 Å². The zero-order chi connectivity index (χ0) is 22.1. The third kappa shape index (κ3) is 4.07. The number of esters is 1. The summed E-state index contributed by atoms with van der Waals surface area (Å²) in [6.45, 7) is 9.92. The summed E-state index contributed by atoms with van der Waals surface area (Å²) in [4.78, 5) is 39.1. The molecule has 0 bridgehead atoms. The number of piperazine rings is 1. The molecular formula is C21H24N6O3S. The fourth-order valence-electron chi connectivity index (χ4n) is 3.55. The Morgan fingerprint density at radius 2 is 1.68 bits per heavy atom. The van der Waals surface area contributed by atoms with Crippen LogP contribution in [0.15, 0.2) is 12.1 Å². The lowest BCUT2D eigenvalue weighted by atomic mass is 10.1. The zero-order valence-electron chi connectivity index (χ0n) is 18.0. The van der Waals surface area contributed by atoms with Gasteiger partial charge in [0.2, 0.25) is 0 Å². The van der Waals surface area contributed by atoms with Crippen molar-refractivity contribution in [3.8, 4) is 0 Å². The van der Waals surface area contributed by atoms with Crippen LogP contribution in [0.4, 0.5) is 5.82 Å². The predicted molar refractivity (Wildman–Crippen MR) is 118 cm³/mol. The van der Waals surface area contributed by atoms with Gasteiger partial charge < -0.3 is 14.5 Å². The first-order valence-corrected chi connectivity index (χ1v) is 11.0. The Balaban J connectivity index is 1.63. The maximum atomic E-state index is 12.8. The predicted octanol–water partition coefficient (Wildman–Crippen LogP) is 2.55. The molecule has 2 aromatic heterocycles. The number of carbonyl (C=O) groups excluding carboxylic acids is 2. The van der Waals surface area contributed by atoms with E-state index < -0.39 is 5.97 Å². The largest absolute Gasteiger partial charge is 0.461 e. The Labute approximate surface area is 184 Å². The number of fused-ring (bicyclic) bond motifs is 1. The molecule has 0 spiro atoms. The first-order chi connectivity index (χ1) is 14.9. The Hall–Kier alpha value is -3.14. The van der Waals surface area contributed by atoms with E-state index in [0.29, 0.717) is 48.1 Å². The van der Waals surface area contributed by atoms with E-state index >= 15 is 0 Å². The average Bonchev–Trinajstić information content (AvgIpc) is 3.19. The van der Waals surface area contributed by atoms with Gasteiger partial charge in [-0.25, -0.2) is 14.8 Å². The van der Waals surface area contributed by atoms with Crippen LogP contribution in [0.3, 0.4) is 0 Å². The van der Waals surface area contributed by atoms with Crippen LogP contribution in [-0.2, 0) is 4.74 Å². The molecule has 31 heavy (non-hydrogen) atoms. The fraction of sp³-hybridized carbons (Fsp3) is 0.429. The molecule has 0 unspecified atom stereocenters. The number of ether oxygens (including phenoxy) is 1. The van der Waals surface area contributed by atoms with Crippen LogP contribution in [0.5, 0.6) is 0 Å². The molecule has 1 amide bonds. The minimum Gasteiger partial charge on any atom is -0.461 e. The van der Waals surface area contributed by atoms with Crippen LogP contribution in [0.25, 0.3) is 11.0 Å². The lowest BCUT2D eigenvalue weighted by molar-refractivity contribution is 0.0519. The number of hydrogen-bond acceptors (Lipinski definition) is 9. The van der Waals surface area contributed by atoms with Crippen LogP contribution in [-0.4, -0.2) is 69.1 Å². The van der Waals surface area contributed by atoms with Crippen molar-refractivity contribution in [3.05, 3.63) is 39.5 Å². The molecule has 1 aromatic carbocycles. The van der Waals surface area contributed by atoms with Crippen molar-refractivity contribution in [3.63, 3.8) is 0 Å².